The Bertz CT molecular complexity index is 1340. The quantitative estimate of drug-likeness (QED) is 0.323. The number of thiazole rings is 1. The van der Waals surface area contributed by atoms with Gasteiger partial charge in [0.05, 0.1) is 28.3 Å². The van der Waals surface area contributed by atoms with E-state index in [0.717, 1.165) is 55.0 Å². The summed E-state index contributed by atoms with van der Waals surface area (Å²) in [4.78, 5) is 22.7. The van der Waals surface area contributed by atoms with Crippen molar-refractivity contribution in [3.05, 3.63) is 52.5 Å². The van der Waals surface area contributed by atoms with Crippen LogP contribution in [0.3, 0.4) is 0 Å². The van der Waals surface area contributed by atoms with Crippen LogP contribution in [-0.2, 0) is 14.8 Å². The molecule has 0 N–H and O–H groups in total. The molecule has 3 aromatic rings. The van der Waals surface area contributed by atoms with E-state index in [-0.39, 0.29) is 23.2 Å². The number of hydrogen-bond donors (Lipinski definition) is 0. The molecule has 0 atom stereocenters. The molecule has 1 aliphatic heterocycles. The van der Waals surface area contributed by atoms with Gasteiger partial charge >= 0.3 is 0 Å². The van der Waals surface area contributed by atoms with Gasteiger partial charge in [-0.05, 0) is 55.3 Å². The van der Waals surface area contributed by atoms with Gasteiger partial charge < -0.3 is 4.74 Å². The first-order valence-electron chi connectivity index (χ1n) is 12.5. The third-order valence-corrected chi connectivity index (χ3v) is 9.83. The first kappa shape index (κ1) is 30.7. The molecule has 38 heavy (non-hydrogen) atoms. The molecule has 1 aromatic heterocycles. The summed E-state index contributed by atoms with van der Waals surface area (Å²) in [6.45, 7) is 10.9. The van der Waals surface area contributed by atoms with Gasteiger partial charge in [-0.2, -0.15) is 4.31 Å². The minimum absolute atomic E-state index is 0. The van der Waals surface area contributed by atoms with Gasteiger partial charge in [0, 0.05) is 49.9 Å². The summed E-state index contributed by atoms with van der Waals surface area (Å²) in [6, 6.07) is 9.93. The molecule has 1 amide bonds. The first-order valence-corrected chi connectivity index (χ1v) is 15.2. The minimum Gasteiger partial charge on any atom is -0.379 e. The van der Waals surface area contributed by atoms with E-state index in [1.165, 1.54) is 27.8 Å². The molecule has 2 aromatic carbocycles. The molecule has 208 valence electrons. The molecule has 8 nitrogen and oxygen atoms in total. The van der Waals surface area contributed by atoms with Crippen LogP contribution in [0.4, 0.5) is 5.13 Å². The van der Waals surface area contributed by atoms with E-state index in [9.17, 15) is 13.2 Å². The van der Waals surface area contributed by atoms with E-state index in [0.29, 0.717) is 35.4 Å². The number of ether oxygens (including phenoxy) is 1. The van der Waals surface area contributed by atoms with Crippen molar-refractivity contribution >= 4 is 66.6 Å². The number of hydrogen-bond acceptors (Lipinski definition) is 7. The number of benzene rings is 2. The zero-order valence-corrected chi connectivity index (χ0v) is 25.1. The van der Waals surface area contributed by atoms with Crippen molar-refractivity contribution in [3.63, 3.8) is 0 Å². The van der Waals surface area contributed by atoms with Crippen LogP contribution in [0.5, 0.6) is 0 Å². The highest BCUT2D eigenvalue weighted by atomic mass is 35.5. The fourth-order valence-electron chi connectivity index (χ4n) is 4.46. The number of fused-ring (bicyclic) bond motifs is 1. The number of aryl methyl sites for hydroxylation is 1. The van der Waals surface area contributed by atoms with Gasteiger partial charge in [0.15, 0.2) is 5.13 Å². The van der Waals surface area contributed by atoms with Gasteiger partial charge in [0.25, 0.3) is 5.91 Å². The molecule has 1 saturated heterocycles. The fraction of sp³-hybridized carbons (Fsp3) is 0.462. The lowest BCUT2D eigenvalue weighted by molar-refractivity contribution is 0.0376. The molecule has 1 aliphatic rings. The van der Waals surface area contributed by atoms with Crippen LogP contribution in [0.1, 0.15) is 36.2 Å². The largest absolute Gasteiger partial charge is 0.379 e. The summed E-state index contributed by atoms with van der Waals surface area (Å²) in [7, 11) is -3.60. The number of halogens is 2. The van der Waals surface area contributed by atoms with Crippen molar-refractivity contribution in [2.24, 2.45) is 0 Å². The molecule has 0 spiro atoms. The third-order valence-electron chi connectivity index (χ3n) is 6.52. The Hall–Kier alpha value is -1.79. The third kappa shape index (κ3) is 6.85. The van der Waals surface area contributed by atoms with Crippen molar-refractivity contribution in [1.82, 2.24) is 14.2 Å². The Morgan fingerprint density at radius 3 is 2.42 bits per heavy atom. The molecular formula is C26H34Cl2N4O4S2. The Kier molecular flexibility index (Phi) is 10.9. The van der Waals surface area contributed by atoms with Crippen molar-refractivity contribution < 1.29 is 17.9 Å². The monoisotopic (exact) mass is 600 g/mol. The van der Waals surface area contributed by atoms with Crippen molar-refractivity contribution in [1.29, 1.82) is 0 Å². The summed E-state index contributed by atoms with van der Waals surface area (Å²) in [5.41, 5.74) is 2.20. The number of morpholine rings is 1. The van der Waals surface area contributed by atoms with Gasteiger partial charge in [0.2, 0.25) is 10.0 Å². The topological polar surface area (TPSA) is 83.1 Å². The lowest BCUT2D eigenvalue weighted by Gasteiger charge is -2.27. The zero-order valence-electron chi connectivity index (χ0n) is 21.9. The van der Waals surface area contributed by atoms with Crippen molar-refractivity contribution in [2.75, 3.05) is 57.4 Å². The number of carbonyl (C=O) groups is 1. The normalized spacial score (nSPS) is 14.6. The van der Waals surface area contributed by atoms with E-state index < -0.39 is 10.0 Å². The molecule has 0 saturated carbocycles. The SMILES string of the molecule is CCN(CC)S(=O)(=O)c1ccc(C(=O)N(CCCN2CCOCC2)c2nc3c(C)cc(Cl)cc3s2)cc1.Cl. The van der Waals surface area contributed by atoms with Crippen LogP contribution in [0.25, 0.3) is 10.2 Å². The first-order chi connectivity index (χ1) is 17.7. The lowest BCUT2D eigenvalue weighted by atomic mass is 10.2. The Balaban J connectivity index is 0.00000400. The molecule has 12 heteroatoms. The summed E-state index contributed by atoms with van der Waals surface area (Å²) in [5.74, 6) is -0.212. The number of aromatic nitrogens is 1. The summed E-state index contributed by atoms with van der Waals surface area (Å²) in [6.07, 6.45) is 0.774. The van der Waals surface area contributed by atoms with E-state index in [4.69, 9.17) is 21.3 Å². The van der Waals surface area contributed by atoms with Crippen LogP contribution < -0.4 is 4.90 Å². The molecule has 0 aliphatic carbocycles. The molecule has 4 rings (SSSR count). The van der Waals surface area contributed by atoms with Gasteiger partial charge in [-0.15, -0.1) is 12.4 Å². The summed E-state index contributed by atoms with van der Waals surface area (Å²) >= 11 is 7.70. The van der Waals surface area contributed by atoms with Gasteiger partial charge in [-0.3, -0.25) is 14.6 Å². The van der Waals surface area contributed by atoms with Crippen molar-refractivity contribution in [3.8, 4) is 0 Å². The number of carbonyl (C=O) groups excluding carboxylic acids is 1. The molecule has 0 bridgehead atoms. The fourth-order valence-corrected chi connectivity index (χ4v) is 7.36. The maximum atomic E-state index is 13.7. The maximum Gasteiger partial charge on any atom is 0.260 e. The van der Waals surface area contributed by atoms with Gasteiger partial charge in [-0.25, -0.2) is 13.4 Å². The van der Waals surface area contributed by atoms with Crippen LogP contribution in [0, 0.1) is 6.92 Å². The smallest absolute Gasteiger partial charge is 0.260 e. The van der Waals surface area contributed by atoms with E-state index in [1.54, 1.807) is 30.9 Å². The predicted molar refractivity (Wildman–Crippen MR) is 157 cm³/mol. The average molecular weight is 602 g/mol. The molecular weight excluding hydrogens is 567 g/mol. The standard InChI is InChI=1S/C26H33ClN4O4S2.ClH/c1-4-30(5-2)37(33,34)22-9-7-20(8-10-22)25(32)31(12-6-11-29-13-15-35-16-14-29)26-28-24-19(3)17-21(27)18-23(24)36-26;/h7-10,17-18H,4-6,11-16H2,1-3H3;1H. The summed E-state index contributed by atoms with van der Waals surface area (Å²) < 4.78 is 33.5. The number of nitrogens with zero attached hydrogens (tertiary/aromatic N) is 4. The lowest BCUT2D eigenvalue weighted by Crippen LogP contribution is -2.39. The van der Waals surface area contributed by atoms with E-state index in [2.05, 4.69) is 4.90 Å². The van der Waals surface area contributed by atoms with Crippen LogP contribution in [0.2, 0.25) is 5.02 Å². The number of sulfonamides is 1. The number of anilines is 1. The molecule has 0 unspecified atom stereocenters. The van der Waals surface area contributed by atoms with Crippen LogP contribution in [0.15, 0.2) is 41.3 Å². The molecule has 1 fully saturated rings. The average Bonchev–Trinajstić information content (AvgIpc) is 3.31. The highest BCUT2D eigenvalue weighted by Crippen LogP contribution is 2.34. The Morgan fingerprint density at radius 2 is 1.79 bits per heavy atom. The molecule has 0 radical (unpaired) electrons. The van der Waals surface area contributed by atoms with Crippen LogP contribution >= 0.6 is 35.3 Å². The molecule has 2 heterocycles. The van der Waals surface area contributed by atoms with Crippen molar-refractivity contribution in [2.45, 2.75) is 32.1 Å². The van der Waals surface area contributed by atoms with Crippen LogP contribution in [-0.4, -0.2) is 81.0 Å². The highest BCUT2D eigenvalue weighted by molar-refractivity contribution is 7.89. The second-order valence-electron chi connectivity index (χ2n) is 8.94. The van der Waals surface area contributed by atoms with Gasteiger partial charge in [-0.1, -0.05) is 36.8 Å². The summed E-state index contributed by atoms with van der Waals surface area (Å²) in [5, 5.41) is 1.24. The Labute approximate surface area is 240 Å². The Morgan fingerprint density at radius 1 is 1.13 bits per heavy atom. The highest BCUT2D eigenvalue weighted by Gasteiger charge is 2.25. The predicted octanol–water partition coefficient (Wildman–Crippen LogP) is 5.08. The zero-order chi connectivity index (χ0) is 26.6. The second kappa shape index (κ2) is 13.5. The minimum atomic E-state index is -3.60. The maximum absolute atomic E-state index is 13.7. The van der Waals surface area contributed by atoms with Gasteiger partial charge in [0.1, 0.15) is 0 Å². The number of rotatable bonds is 10. The van der Waals surface area contributed by atoms with E-state index >= 15 is 0 Å². The second-order valence-corrected chi connectivity index (χ2v) is 12.3. The number of amides is 1. The van der Waals surface area contributed by atoms with E-state index in [1.807, 2.05) is 19.1 Å².